The normalized spacial score (nSPS) is 13.1. The summed E-state index contributed by atoms with van der Waals surface area (Å²) >= 11 is 0. The van der Waals surface area contributed by atoms with Crippen LogP contribution in [0.2, 0.25) is 0 Å². The van der Waals surface area contributed by atoms with E-state index >= 15 is 0 Å². The Hall–Kier alpha value is -1.67. The van der Waals surface area contributed by atoms with Crippen LogP contribution in [-0.4, -0.2) is 26.4 Å². The highest BCUT2D eigenvalue weighted by Crippen LogP contribution is 2.18. The summed E-state index contributed by atoms with van der Waals surface area (Å²) in [7, 11) is -3.95. The largest absolute Gasteiger partial charge is 0.372 e. The fourth-order valence-electron chi connectivity index (χ4n) is 1.50. The number of sulfonamides is 1. The summed E-state index contributed by atoms with van der Waals surface area (Å²) in [5.74, 6) is -1.07. The molecule has 1 aromatic carbocycles. The molecule has 20 heavy (non-hydrogen) atoms. The van der Waals surface area contributed by atoms with Crippen molar-refractivity contribution in [1.29, 1.82) is 0 Å². The quantitative estimate of drug-likeness (QED) is 0.748. The minimum atomic E-state index is -3.95. The first-order valence-corrected chi connectivity index (χ1v) is 7.55. The molecule has 0 saturated heterocycles. The van der Waals surface area contributed by atoms with Crippen LogP contribution in [0.3, 0.4) is 0 Å². The molecule has 1 atom stereocenters. The number of carbonyl (C=O) groups excluding carboxylic acids is 1. The fourth-order valence-corrected chi connectivity index (χ4v) is 2.02. The minimum absolute atomic E-state index is 0.0265. The number of anilines is 1. The molecule has 0 saturated carbocycles. The lowest BCUT2D eigenvalue weighted by Gasteiger charge is -2.17. The van der Waals surface area contributed by atoms with Crippen LogP contribution in [0.5, 0.6) is 0 Å². The smallest absolute Gasteiger partial charge is 0.242 e. The first-order chi connectivity index (χ1) is 9.11. The molecule has 4 N–H and O–H groups in total. The zero-order valence-electron chi connectivity index (χ0n) is 11.5. The van der Waals surface area contributed by atoms with Crippen molar-refractivity contribution in [2.75, 3.05) is 5.32 Å². The van der Waals surface area contributed by atoms with E-state index in [1.807, 2.05) is 13.8 Å². The summed E-state index contributed by atoms with van der Waals surface area (Å²) < 4.78 is 35.9. The SMILES string of the molecule is CC(C)NC(=O)C(C)Nc1ccc(S(N)(=O)=O)cc1F. The Morgan fingerprint density at radius 3 is 2.35 bits per heavy atom. The number of rotatable bonds is 5. The molecule has 1 unspecified atom stereocenters. The van der Waals surface area contributed by atoms with Crippen LogP contribution in [0.15, 0.2) is 23.1 Å². The Kier molecular flexibility index (Phi) is 5.07. The average Bonchev–Trinajstić information content (AvgIpc) is 2.29. The number of amides is 1. The summed E-state index contributed by atoms with van der Waals surface area (Å²) in [5, 5.41) is 10.3. The molecule has 0 radical (unpaired) electrons. The third kappa shape index (κ3) is 4.46. The molecule has 0 spiro atoms. The van der Waals surface area contributed by atoms with Crippen molar-refractivity contribution in [2.45, 2.75) is 37.8 Å². The molecule has 112 valence electrons. The van der Waals surface area contributed by atoms with E-state index in [-0.39, 0.29) is 22.5 Å². The number of nitrogens with two attached hydrogens (primary N) is 1. The van der Waals surface area contributed by atoms with E-state index < -0.39 is 21.9 Å². The number of carbonyl (C=O) groups is 1. The van der Waals surface area contributed by atoms with Crippen molar-refractivity contribution in [2.24, 2.45) is 5.14 Å². The molecule has 6 nitrogen and oxygen atoms in total. The highest BCUT2D eigenvalue weighted by Gasteiger charge is 2.17. The van der Waals surface area contributed by atoms with E-state index in [0.717, 1.165) is 6.07 Å². The third-order valence-corrected chi connectivity index (χ3v) is 3.38. The van der Waals surface area contributed by atoms with Gasteiger partial charge in [0.1, 0.15) is 11.9 Å². The molecule has 0 bridgehead atoms. The molecule has 0 aliphatic carbocycles. The van der Waals surface area contributed by atoms with Crippen LogP contribution in [-0.2, 0) is 14.8 Å². The zero-order valence-corrected chi connectivity index (χ0v) is 12.3. The van der Waals surface area contributed by atoms with Gasteiger partial charge in [0.2, 0.25) is 15.9 Å². The highest BCUT2D eigenvalue weighted by molar-refractivity contribution is 7.89. The van der Waals surface area contributed by atoms with Crippen molar-refractivity contribution < 1.29 is 17.6 Å². The first-order valence-electron chi connectivity index (χ1n) is 6.00. The Labute approximate surface area is 117 Å². The van der Waals surface area contributed by atoms with Crippen LogP contribution >= 0.6 is 0 Å². The van der Waals surface area contributed by atoms with Gasteiger partial charge in [-0.1, -0.05) is 0 Å². The highest BCUT2D eigenvalue weighted by atomic mass is 32.2. The Balaban J connectivity index is 2.87. The van der Waals surface area contributed by atoms with Crippen LogP contribution in [0.4, 0.5) is 10.1 Å². The maximum absolute atomic E-state index is 13.8. The van der Waals surface area contributed by atoms with Crippen molar-refractivity contribution in [3.8, 4) is 0 Å². The monoisotopic (exact) mass is 303 g/mol. The van der Waals surface area contributed by atoms with Crippen molar-refractivity contribution in [3.63, 3.8) is 0 Å². The number of nitrogens with one attached hydrogen (secondary N) is 2. The van der Waals surface area contributed by atoms with Gasteiger partial charge in [0.15, 0.2) is 0 Å². The van der Waals surface area contributed by atoms with Crippen LogP contribution in [0, 0.1) is 5.82 Å². The summed E-state index contributed by atoms with van der Waals surface area (Å²) in [6.07, 6.45) is 0. The van der Waals surface area contributed by atoms with Crippen molar-refractivity contribution in [3.05, 3.63) is 24.0 Å². The van der Waals surface area contributed by atoms with Gasteiger partial charge >= 0.3 is 0 Å². The van der Waals surface area contributed by atoms with Gasteiger partial charge in [-0.2, -0.15) is 0 Å². The molecule has 8 heteroatoms. The maximum Gasteiger partial charge on any atom is 0.242 e. The molecular formula is C12H18FN3O3S. The molecule has 0 aromatic heterocycles. The molecule has 1 aromatic rings. The van der Waals surface area contributed by atoms with Gasteiger partial charge in [-0.15, -0.1) is 0 Å². The van der Waals surface area contributed by atoms with Gasteiger partial charge in [0, 0.05) is 6.04 Å². The standard InChI is InChI=1S/C12H18FN3O3S/c1-7(2)15-12(17)8(3)16-11-5-4-9(6-10(11)13)20(14,18)19/h4-8,16H,1-3H3,(H,15,17)(H2,14,18,19). The molecule has 0 aliphatic rings. The van der Waals surface area contributed by atoms with E-state index in [2.05, 4.69) is 10.6 Å². The maximum atomic E-state index is 13.8. The van der Waals surface area contributed by atoms with Gasteiger partial charge in [-0.05, 0) is 39.0 Å². The molecule has 1 rings (SSSR count). The van der Waals surface area contributed by atoms with Crippen LogP contribution in [0.1, 0.15) is 20.8 Å². The lowest BCUT2D eigenvalue weighted by molar-refractivity contribution is -0.122. The van der Waals surface area contributed by atoms with Gasteiger partial charge in [0.25, 0.3) is 0 Å². The van der Waals surface area contributed by atoms with E-state index in [1.54, 1.807) is 6.92 Å². The van der Waals surface area contributed by atoms with Crippen LogP contribution in [0.25, 0.3) is 0 Å². The van der Waals surface area contributed by atoms with E-state index in [1.165, 1.54) is 12.1 Å². The van der Waals surface area contributed by atoms with Crippen molar-refractivity contribution >= 4 is 21.6 Å². The first kappa shape index (κ1) is 16.4. The van der Waals surface area contributed by atoms with Gasteiger partial charge in [0.05, 0.1) is 10.6 Å². The van der Waals surface area contributed by atoms with E-state index in [9.17, 15) is 17.6 Å². The summed E-state index contributed by atoms with van der Waals surface area (Å²) in [4.78, 5) is 11.4. The Morgan fingerprint density at radius 2 is 1.90 bits per heavy atom. The third-order valence-electron chi connectivity index (χ3n) is 2.47. The minimum Gasteiger partial charge on any atom is -0.372 e. The zero-order chi connectivity index (χ0) is 15.5. The predicted octanol–water partition coefficient (Wildman–Crippen LogP) is 0.798. The van der Waals surface area contributed by atoms with Gasteiger partial charge in [-0.25, -0.2) is 17.9 Å². The number of halogens is 1. The second-order valence-electron chi connectivity index (χ2n) is 4.72. The second kappa shape index (κ2) is 6.19. The Bertz CT molecular complexity index is 602. The van der Waals surface area contributed by atoms with Gasteiger partial charge < -0.3 is 10.6 Å². The fraction of sp³-hybridized carbons (Fsp3) is 0.417. The summed E-state index contributed by atoms with van der Waals surface area (Å²) in [6, 6.07) is 2.53. The lowest BCUT2D eigenvalue weighted by Crippen LogP contribution is -2.41. The number of primary sulfonamides is 1. The molecule has 1 amide bonds. The second-order valence-corrected chi connectivity index (χ2v) is 6.28. The molecule has 0 heterocycles. The number of hydrogen-bond acceptors (Lipinski definition) is 4. The van der Waals surface area contributed by atoms with E-state index in [0.29, 0.717) is 0 Å². The van der Waals surface area contributed by atoms with Gasteiger partial charge in [-0.3, -0.25) is 4.79 Å². The number of benzene rings is 1. The summed E-state index contributed by atoms with van der Waals surface area (Å²) in [6.45, 7) is 5.20. The number of hydrogen-bond donors (Lipinski definition) is 3. The predicted molar refractivity (Wildman–Crippen MR) is 74.1 cm³/mol. The Morgan fingerprint density at radius 1 is 1.30 bits per heavy atom. The summed E-state index contributed by atoms with van der Waals surface area (Å²) in [5.41, 5.74) is 0.0313. The topological polar surface area (TPSA) is 101 Å². The molecule has 0 aliphatic heterocycles. The average molecular weight is 303 g/mol. The van der Waals surface area contributed by atoms with E-state index in [4.69, 9.17) is 5.14 Å². The molecular weight excluding hydrogens is 285 g/mol. The van der Waals surface area contributed by atoms with Crippen molar-refractivity contribution in [1.82, 2.24) is 5.32 Å². The van der Waals surface area contributed by atoms with Crippen LogP contribution < -0.4 is 15.8 Å². The molecule has 0 fully saturated rings. The lowest BCUT2D eigenvalue weighted by atomic mass is 10.2.